The van der Waals surface area contributed by atoms with Gasteiger partial charge in [0, 0.05) is 18.1 Å². The van der Waals surface area contributed by atoms with E-state index >= 15 is 0 Å². The van der Waals surface area contributed by atoms with Gasteiger partial charge in [0.1, 0.15) is 11.8 Å². The van der Waals surface area contributed by atoms with Gasteiger partial charge < -0.3 is 15.0 Å². The molecule has 0 unspecified atom stereocenters. The van der Waals surface area contributed by atoms with Crippen molar-refractivity contribution >= 4 is 23.4 Å². The van der Waals surface area contributed by atoms with Gasteiger partial charge in [-0.1, -0.05) is 41.4 Å². The molecule has 0 spiro atoms. The van der Waals surface area contributed by atoms with Crippen molar-refractivity contribution < 1.29 is 14.3 Å². The van der Waals surface area contributed by atoms with Crippen LogP contribution in [0, 0.1) is 6.92 Å². The van der Waals surface area contributed by atoms with Gasteiger partial charge in [-0.15, -0.1) is 0 Å². The van der Waals surface area contributed by atoms with Crippen molar-refractivity contribution in [1.29, 1.82) is 0 Å². The third-order valence-electron chi connectivity index (χ3n) is 6.72. The molecule has 0 aliphatic carbocycles. The highest BCUT2D eigenvalue weighted by molar-refractivity contribution is 6.31. The molecule has 0 aromatic heterocycles. The van der Waals surface area contributed by atoms with E-state index in [4.69, 9.17) is 16.3 Å². The maximum atomic E-state index is 13.3. The lowest BCUT2D eigenvalue weighted by Gasteiger charge is -2.30. The summed E-state index contributed by atoms with van der Waals surface area (Å²) in [6.45, 7) is 5.23. The van der Waals surface area contributed by atoms with Gasteiger partial charge >= 0.3 is 0 Å². The lowest BCUT2D eigenvalue weighted by atomic mass is 10.0. The average molecular weight is 470 g/mol. The summed E-state index contributed by atoms with van der Waals surface area (Å²) in [6, 6.07) is 13.2. The Hall–Kier alpha value is -2.57. The van der Waals surface area contributed by atoms with E-state index in [9.17, 15) is 9.59 Å². The lowest BCUT2D eigenvalue weighted by Crippen LogP contribution is -2.48. The van der Waals surface area contributed by atoms with Gasteiger partial charge in [-0.05, 0) is 69.5 Å². The maximum absolute atomic E-state index is 13.3. The van der Waals surface area contributed by atoms with Gasteiger partial charge in [-0.3, -0.25) is 14.5 Å². The number of nitrogens with one attached hydrogen (secondary N) is 1. The number of hydrogen-bond acceptors (Lipinski definition) is 4. The minimum absolute atomic E-state index is 0.0989. The molecule has 0 saturated carbocycles. The molecule has 7 heteroatoms. The molecular weight excluding hydrogens is 438 g/mol. The number of aryl methyl sites for hydroxylation is 1. The molecule has 4 rings (SSSR count). The third-order valence-corrected chi connectivity index (χ3v) is 6.96. The number of halogens is 1. The van der Waals surface area contributed by atoms with E-state index in [0.29, 0.717) is 35.8 Å². The highest BCUT2D eigenvalue weighted by Gasteiger charge is 2.36. The molecule has 176 valence electrons. The van der Waals surface area contributed by atoms with E-state index in [-0.39, 0.29) is 17.9 Å². The number of likely N-dealkylation sites (tertiary alicyclic amines) is 2. The highest BCUT2D eigenvalue weighted by Crippen LogP contribution is 2.29. The fourth-order valence-corrected chi connectivity index (χ4v) is 5.07. The zero-order chi connectivity index (χ0) is 23.4. The molecule has 2 atom stereocenters. The molecule has 0 radical (unpaired) electrons. The molecule has 6 nitrogen and oxygen atoms in total. The fourth-order valence-electron chi connectivity index (χ4n) is 4.90. The highest BCUT2D eigenvalue weighted by atomic mass is 35.5. The van der Waals surface area contributed by atoms with Crippen LogP contribution in [0.1, 0.15) is 53.2 Å². The van der Waals surface area contributed by atoms with Crippen LogP contribution >= 0.6 is 11.6 Å². The Labute approximate surface area is 200 Å². The zero-order valence-corrected chi connectivity index (χ0v) is 20.1. The molecule has 2 fully saturated rings. The number of methoxy groups -OCH3 is 1. The molecule has 2 aliphatic heterocycles. The summed E-state index contributed by atoms with van der Waals surface area (Å²) in [5.41, 5.74) is 2.82. The monoisotopic (exact) mass is 469 g/mol. The second-order valence-electron chi connectivity index (χ2n) is 8.92. The molecule has 0 bridgehead atoms. The molecule has 1 N–H and O–H groups in total. The van der Waals surface area contributed by atoms with Crippen molar-refractivity contribution in [1.82, 2.24) is 15.1 Å². The van der Waals surface area contributed by atoms with Crippen molar-refractivity contribution in [2.45, 2.75) is 44.7 Å². The van der Waals surface area contributed by atoms with Crippen LogP contribution in [0.15, 0.2) is 42.5 Å². The second kappa shape index (κ2) is 10.6. The standard InChI is InChI=1S/C26H32ClN3O3/c1-18-7-9-19(10-8-18)23(29-13-3-4-14-29)17-28-25(31)22-6-5-15-30(22)26(32)21-16-20(27)11-12-24(21)33-2/h7-12,16,22-23H,3-6,13-15,17H2,1-2H3,(H,28,31)/t22-,23+/m0/s1. The van der Waals surface area contributed by atoms with Gasteiger partial charge in [0.15, 0.2) is 0 Å². The molecule has 2 heterocycles. The maximum Gasteiger partial charge on any atom is 0.258 e. The van der Waals surface area contributed by atoms with Crippen molar-refractivity contribution in [3.05, 3.63) is 64.2 Å². The van der Waals surface area contributed by atoms with Crippen LogP contribution < -0.4 is 10.1 Å². The topological polar surface area (TPSA) is 61.9 Å². The Bertz CT molecular complexity index is 989. The van der Waals surface area contributed by atoms with E-state index < -0.39 is 6.04 Å². The smallest absolute Gasteiger partial charge is 0.258 e. The summed E-state index contributed by atoms with van der Waals surface area (Å²) in [5.74, 6) is 0.142. The van der Waals surface area contributed by atoms with Crippen molar-refractivity contribution in [2.24, 2.45) is 0 Å². The van der Waals surface area contributed by atoms with Crippen LogP contribution in [-0.4, -0.2) is 60.9 Å². The minimum atomic E-state index is -0.488. The van der Waals surface area contributed by atoms with E-state index in [1.165, 1.54) is 31.1 Å². The number of carbonyl (C=O) groups excluding carboxylic acids is 2. The number of benzene rings is 2. The molecular formula is C26H32ClN3O3. The normalized spacial score (nSPS) is 19.5. The Morgan fingerprint density at radius 3 is 2.52 bits per heavy atom. The van der Waals surface area contributed by atoms with Crippen LogP contribution in [0.25, 0.3) is 0 Å². The molecule has 2 saturated heterocycles. The summed E-state index contributed by atoms with van der Waals surface area (Å²) in [6.07, 6.45) is 3.81. The minimum Gasteiger partial charge on any atom is -0.496 e. The second-order valence-corrected chi connectivity index (χ2v) is 9.35. The first kappa shape index (κ1) is 23.6. The number of rotatable bonds is 7. The van der Waals surface area contributed by atoms with Gasteiger partial charge in [-0.2, -0.15) is 0 Å². The van der Waals surface area contributed by atoms with Gasteiger partial charge in [0.2, 0.25) is 5.91 Å². The largest absolute Gasteiger partial charge is 0.496 e. The number of ether oxygens (including phenoxy) is 1. The van der Waals surface area contributed by atoms with Crippen LogP contribution in [-0.2, 0) is 4.79 Å². The van der Waals surface area contributed by atoms with E-state index in [1.54, 1.807) is 23.1 Å². The summed E-state index contributed by atoms with van der Waals surface area (Å²) in [7, 11) is 1.53. The third kappa shape index (κ3) is 5.33. The first-order valence-electron chi connectivity index (χ1n) is 11.7. The first-order valence-corrected chi connectivity index (χ1v) is 12.1. The molecule has 33 heavy (non-hydrogen) atoms. The Morgan fingerprint density at radius 1 is 1.09 bits per heavy atom. The molecule has 2 amide bonds. The fraction of sp³-hybridized carbons (Fsp3) is 0.462. The Balaban J connectivity index is 1.47. The SMILES string of the molecule is COc1ccc(Cl)cc1C(=O)N1CCC[C@H]1C(=O)NC[C@H](c1ccc(C)cc1)N1CCCC1. The van der Waals surface area contributed by atoms with Gasteiger partial charge in [0.05, 0.1) is 18.7 Å². The first-order chi connectivity index (χ1) is 16.0. The van der Waals surface area contributed by atoms with Crippen molar-refractivity contribution in [3.8, 4) is 5.75 Å². The number of amides is 2. The Kier molecular flexibility index (Phi) is 7.56. The quantitative estimate of drug-likeness (QED) is 0.659. The predicted molar refractivity (Wildman–Crippen MR) is 130 cm³/mol. The Morgan fingerprint density at radius 2 is 1.82 bits per heavy atom. The van der Waals surface area contributed by atoms with E-state index in [1.807, 2.05) is 0 Å². The summed E-state index contributed by atoms with van der Waals surface area (Å²) >= 11 is 6.13. The van der Waals surface area contributed by atoms with E-state index in [2.05, 4.69) is 41.4 Å². The van der Waals surface area contributed by atoms with Crippen molar-refractivity contribution in [2.75, 3.05) is 33.3 Å². The molecule has 2 aromatic rings. The summed E-state index contributed by atoms with van der Waals surface area (Å²) in [5, 5.41) is 3.62. The predicted octanol–water partition coefficient (Wildman–Crippen LogP) is 4.21. The van der Waals surface area contributed by atoms with Gasteiger partial charge in [0.25, 0.3) is 5.91 Å². The average Bonchev–Trinajstić information content (AvgIpc) is 3.52. The molecule has 2 aromatic carbocycles. The number of carbonyl (C=O) groups is 2. The van der Waals surface area contributed by atoms with Crippen LogP contribution in [0.4, 0.5) is 0 Å². The van der Waals surface area contributed by atoms with Crippen LogP contribution in [0.2, 0.25) is 5.02 Å². The number of nitrogens with zero attached hydrogens (tertiary/aromatic N) is 2. The van der Waals surface area contributed by atoms with E-state index in [0.717, 1.165) is 19.5 Å². The van der Waals surface area contributed by atoms with Crippen LogP contribution in [0.3, 0.4) is 0 Å². The number of hydrogen-bond donors (Lipinski definition) is 1. The summed E-state index contributed by atoms with van der Waals surface area (Å²) in [4.78, 5) is 30.6. The van der Waals surface area contributed by atoms with Crippen LogP contribution in [0.5, 0.6) is 5.75 Å². The summed E-state index contributed by atoms with van der Waals surface area (Å²) < 4.78 is 5.36. The van der Waals surface area contributed by atoms with Gasteiger partial charge in [-0.25, -0.2) is 0 Å². The molecule has 2 aliphatic rings. The van der Waals surface area contributed by atoms with Crippen molar-refractivity contribution in [3.63, 3.8) is 0 Å². The lowest BCUT2D eigenvalue weighted by molar-refractivity contribution is -0.125. The zero-order valence-electron chi connectivity index (χ0n) is 19.4.